The van der Waals surface area contributed by atoms with E-state index in [-0.39, 0.29) is 44.3 Å². The lowest BCUT2D eigenvalue weighted by atomic mass is 9.99. The molecule has 1 heterocycles. The highest BCUT2D eigenvalue weighted by Gasteiger charge is 2.40. The summed E-state index contributed by atoms with van der Waals surface area (Å²) < 4.78 is 11.6. The summed E-state index contributed by atoms with van der Waals surface area (Å²) in [6.07, 6.45) is 2.15. The first-order valence-electron chi connectivity index (χ1n) is 19.6. The summed E-state index contributed by atoms with van der Waals surface area (Å²) in [5.41, 5.74) is 27.4. The van der Waals surface area contributed by atoms with Crippen LogP contribution in [0.2, 0.25) is 0 Å². The van der Waals surface area contributed by atoms with Gasteiger partial charge in [0.05, 0.1) is 6.04 Å². The molecule has 18 nitrogen and oxygen atoms in total. The number of guanidine groups is 2. The zero-order chi connectivity index (χ0) is 43.1. The fourth-order valence-corrected chi connectivity index (χ4v) is 6.08. The van der Waals surface area contributed by atoms with Gasteiger partial charge in [0, 0.05) is 26.1 Å². The Morgan fingerprint density at radius 2 is 1.35 bits per heavy atom. The van der Waals surface area contributed by atoms with Crippen molar-refractivity contribution in [2.24, 2.45) is 44.6 Å². The van der Waals surface area contributed by atoms with E-state index in [1.54, 1.807) is 58.9 Å². The summed E-state index contributed by atoms with van der Waals surface area (Å²) in [4.78, 5) is 78.1. The lowest BCUT2D eigenvalue weighted by Gasteiger charge is -2.31. The van der Waals surface area contributed by atoms with Crippen LogP contribution in [0.25, 0.3) is 0 Å². The largest absolute Gasteiger partial charge is 0.488 e. The van der Waals surface area contributed by atoms with E-state index in [9.17, 15) is 24.0 Å². The van der Waals surface area contributed by atoms with Gasteiger partial charge in [-0.2, -0.15) is 0 Å². The van der Waals surface area contributed by atoms with E-state index in [1.165, 1.54) is 4.90 Å². The molecule has 0 bridgehead atoms. The van der Waals surface area contributed by atoms with E-state index in [0.29, 0.717) is 43.5 Å². The lowest BCUT2D eigenvalue weighted by Crippen LogP contribution is -2.60. The van der Waals surface area contributed by atoms with Crippen LogP contribution in [0.5, 0.6) is 5.75 Å². The molecule has 0 radical (unpaired) electrons. The van der Waals surface area contributed by atoms with Gasteiger partial charge in [0.25, 0.3) is 0 Å². The van der Waals surface area contributed by atoms with Crippen LogP contribution in [0, 0.1) is 5.92 Å². The van der Waals surface area contributed by atoms with Crippen molar-refractivity contribution in [1.82, 2.24) is 20.9 Å². The van der Waals surface area contributed by atoms with Gasteiger partial charge in [-0.25, -0.2) is 4.79 Å². The molecule has 1 aromatic rings. The average Bonchev–Trinajstić information content (AvgIpc) is 3.59. The Balaban J connectivity index is 2.42. The Bertz CT molecular complexity index is 1560. The van der Waals surface area contributed by atoms with Crippen LogP contribution in [-0.4, -0.2) is 107 Å². The number of carbonyl (C=O) groups excluding carboxylic acids is 5. The number of hydrogen-bond donors (Lipinski definition) is 8. The Labute approximate surface area is 336 Å². The summed E-state index contributed by atoms with van der Waals surface area (Å²) in [6, 6.07) is 1.96. The average molecular weight is 802 g/mol. The number of benzene rings is 1. The Morgan fingerprint density at radius 1 is 0.789 bits per heavy atom. The highest BCUT2D eigenvalue weighted by atomic mass is 16.6. The second-order valence-electron chi connectivity index (χ2n) is 16.6. The van der Waals surface area contributed by atoms with Gasteiger partial charge in [0.2, 0.25) is 23.6 Å². The Kier molecular flexibility index (Phi) is 18.5. The summed E-state index contributed by atoms with van der Waals surface area (Å²) in [7, 11) is 0. The first kappa shape index (κ1) is 48.0. The van der Waals surface area contributed by atoms with Gasteiger partial charge in [-0.1, -0.05) is 26.0 Å². The van der Waals surface area contributed by atoms with E-state index in [2.05, 4.69) is 25.9 Å². The number of amides is 4. The second kappa shape index (κ2) is 22.0. The number of rotatable bonds is 20. The molecule has 1 aliphatic heterocycles. The first-order chi connectivity index (χ1) is 26.5. The zero-order valence-corrected chi connectivity index (χ0v) is 34.9. The van der Waals surface area contributed by atoms with Gasteiger partial charge in [-0.3, -0.25) is 29.2 Å². The van der Waals surface area contributed by atoms with E-state index in [1.807, 2.05) is 20.8 Å². The number of aliphatic imine (C=N–C) groups is 2. The smallest absolute Gasteiger partial charge is 0.329 e. The van der Waals surface area contributed by atoms with Gasteiger partial charge >= 0.3 is 5.97 Å². The predicted molar refractivity (Wildman–Crippen MR) is 220 cm³/mol. The topological polar surface area (TPSA) is 298 Å². The number of carbonyl (C=O) groups is 5. The highest BCUT2D eigenvalue weighted by Crippen LogP contribution is 2.24. The Hall–Kier alpha value is -5.13. The van der Waals surface area contributed by atoms with Crippen molar-refractivity contribution in [3.8, 4) is 5.75 Å². The normalized spacial score (nSPS) is 16.4. The minimum Gasteiger partial charge on any atom is -0.488 e. The van der Waals surface area contributed by atoms with Gasteiger partial charge in [0.1, 0.15) is 41.1 Å². The van der Waals surface area contributed by atoms with Crippen molar-refractivity contribution in [2.75, 3.05) is 19.6 Å². The van der Waals surface area contributed by atoms with Crippen molar-refractivity contribution >= 4 is 41.5 Å². The molecule has 57 heavy (non-hydrogen) atoms. The monoisotopic (exact) mass is 802 g/mol. The van der Waals surface area contributed by atoms with E-state index >= 15 is 0 Å². The number of nitrogens with zero attached hydrogens (tertiary/aromatic N) is 3. The number of nitrogens with two attached hydrogens (primary N) is 5. The van der Waals surface area contributed by atoms with Crippen LogP contribution in [0.1, 0.15) is 99.5 Å². The zero-order valence-electron chi connectivity index (χ0n) is 34.9. The lowest BCUT2D eigenvalue weighted by molar-refractivity contribution is -0.163. The minimum absolute atomic E-state index is 0.0234. The quantitative estimate of drug-likeness (QED) is 0.0382. The molecule has 1 aromatic carbocycles. The fourth-order valence-electron chi connectivity index (χ4n) is 6.08. The molecule has 1 aliphatic rings. The molecule has 0 aromatic heterocycles. The van der Waals surface area contributed by atoms with Crippen LogP contribution in [-0.2, 0) is 35.1 Å². The first-order valence-corrected chi connectivity index (χ1v) is 19.6. The van der Waals surface area contributed by atoms with Gasteiger partial charge < -0.3 is 59.0 Å². The van der Waals surface area contributed by atoms with Crippen molar-refractivity contribution in [2.45, 2.75) is 142 Å². The SMILES string of the molecule is CC(C)[C@H](NC(=O)[C@@H](N)CCCN=C(N)N)C(=O)N[C@@H](Cc1ccc(OC(C)(C)C)cc1)C(=O)N[C@@H](CCCN=C(N)N)C(=O)N1CCC[C@H]1C(=O)OC(C)(C)C. The number of nitrogens with one attached hydrogen (secondary N) is 3. The molecule has 0 unspecified atom stereocenters. The molecule has 1 fully saturated rings. The molecule has 5 atom stereocenters. The summed E-state index contributed by atoms with van der Waals surface area (Å²) >= 11 is 0. The molecule has 1 saturated heterocycles. The van der Waals surface area contributed by atoms with Crippen LogP contribution in [0.3, 0.4) is 0 Å². The van der Waals surface area contributed by atoms with Crippen molar-refractivity contribution < 1.29 is 33.4 Å². The fraction of sp³-hybridized carbons (Fsp3) is 0.667. The molecular weight excluding hydrogens is 734 g/mol. The maximum Gasteiger partial charge on any atom is 0.329 e. The van der Waals surface area contributed by atoms with Crippen LogP contribution in [0.4, 0.5) is 0 Å². The molecule has 18 heteroatoms. The van der Waals surface area contributed by atoms with Gasteiger partial charge in [0.15, 0.2) is 11.9 Å². The maximum atomic E-state index is 14.3. The standard InChI is InChI=1S/C39H67N11O7/c1-23(2)30(49-31(51)26(40)12-9-19-45-36(41)42)33(53)48-28(22-24-15-17-25(18-16-24)56-38(3,4)5)32(52)47-27(13-10-20-46-37(43)44)34(54)50-21-11-14-29(50)35(55)57-39(6,7)8/h15-18,23,26-30H,9-14,19-22,40H2,1-8H3,(H,47,52)(H,48,53)(H,49,51)(H4,41,42,45)(H4,43,44,46)/t26-,27-,28-,29-,30-/m0/s1. The van der Waals surface area contributed by atoms with Crippen LogP contribution < -0.4 is 49.4 Å². The van der Waals surface area contributed by atoms with Gasteiger partial charge in [-0.05, 0) is 104 Å². The molecule has 0 saturated carbocycles. The summed E-state index contributed by atoms with van der Waals surface area (Å²) in [5.74, 6) is -2.81. The van der Waals surface area contributed by atoms with E-state index in [0.717, 1.165) is 0 Å². The third-order valence-corrected chi connectivity index (χ3v) is 8.75. The second-order valence-corrected chi connectivity index (χ2v) is 16.6. The van der Waals surface area contributed by atoms with Crippen molar-refractivity contribution in [1.29, 1.82) is 0 Å². The van der Waals surface area contributed by atoms with Crippen LogP contribution in [0.15, 0.2) is 34.3 Å². The third-order valence-electron chi connectivity index (χ3n) is 8.75. The molecule has 13 N–H and O–H groups in total. The molecule has 4 amide bonds. The third kappa shape index (κ3) is 17.7. The molecule has 320 valence electrons. The number of esters is 1. The van der Waals surface area contributed by atoms with Crippen molar-refractivity contribution in [3.05, 3.63) is 29.8 Å². The van der Waals surface area contributed by atoms with Crippen LogP contribution >= 0.6 is 0 Å². The van der Waals surface area contributed by atoms with E-state index in [4.69, 9.17) is 38.1 Å². The summed E-state index contributed by atoms with van der Waals surface area (Å²) in [6.45, 7) is 15.3. The molecule has 0 aliphatic carbocycles. The number of likely N-dealkylation sites (tertiary alicyclic amines) is 1. The van der Waals surface area contributed by atoms with E-state index < -0.39 is 76.9 Å². The molecule has 2 rings (SSSR count). The Morgan fingerprint density at radius 3 is 1.88 bits per heavy atom. The van der Waals surface area contributed by atoms with Gasteiger partial charge in [-0.15, -0.1) is 0 Å². The van der Waals surface area contributed by atoms with Crippen molar-refractivity contribution in [3.63, 3.8) is 0 Å². The highest BCUT2D eigenvalue weighted by molar-refractivity contribution is 5.96. The maximum absolute atomic E-state index is 14.3. The molecular formula is C39H67N11O7. The summed E-state index contributed by atoms with van der Waals surface area (Å²) in [5, 5.41) is 8.40. The molecule has 0 spiro atoms. The minimum atomic E-state index is -1.20. The number of ether oxygens (including phenoxy) is 2. The number of hydrogen-bond acceptors (Lipinski definition) is 10. The predicted octanol–water partition coefficient (Wildman–Crippen LogP) is 0.284.